The summed E-state index contributed by atoms with van der Waals surface area (Å²) in [4.78, 5) is 11.1. The van der Waals surface area contributed by atoms with Gasteiger partial charge in [0.2, 0.25) is 5.91 Å². The Bertz CT molecular complexity index is 414. The molecule has 0 heterocycles. The van der Waals surface area contributed by atoms with E-state index in [4.69, 9.17) is 17.3 Å². The summed E-state index contributed by atoms with van der Waals surface area (Å²) in [5.74, 6) is -0.423. The number of rotatable bonds is 3. The molecule has 2 rings (SSSR count). The van der Waals surface area contributed by atoms with Crippen molar-refractivity contribution >= 4 is 23.2 Å². The van der Waals surface area contributed by atoms with Crippen molar-refractivity contribution in [3.8, 4) is 0 Å². The van der Waals surface area contributed by atoms with Crippen LogP contribution in [-0.4, -0.2) is 11.9 Å². The van der Waals surface area contributed by atoms with Gasteiger partial charge < -0.3 is 11.1 Å². The van der Waals surface area contributed by atoms with Crippen LogP contribution in [0.25, 0.3) is 0 Å². The second-order valence-electron chi connectivity index (χ2n) is 4.54. The van der Waals surface area contributed by atoms with Gasteiger partial charge in [0.05, 0.1) is 10.7 Å². The molecule has 0 bridgehead atoms. The normalized spacial score (nSPS) is 16.8. The first-order valence-corrected chi connectivity index (χ1v) is 6.40. The highest BCUT2D eigenvalue weighted by atomic mass is 35.5. The number of anilines is 1. The van der Waals surface area contributed by atoms with Crippen LogP contribution in [0.5, 0.6) is 0 Å². The van der Waals surface area contributed by atoms with E-state index in [1.54, 1.807) is 18.2 Å². The second kappa shape index (κ2) is 5.41. The first-order valence-electron chi connectivity index (χ1n) is 6.02. The Kier molecular flexibility index (Phi) is 3.89. The number of amides is 1. The van der Waals surface area contributed by atoms with E-state index in [9.17, 15) is 4.79 Å². The fourth-order valence-corrected chi connectivity index (χ4v) is 2.43. The van der Waals surface area contributed by atoms with Gasteiger partial charge in [0, 0.05) is 11.6 Å². The quantitative estimate of drug-likeness (QED) is 0.868. The predicted molar refractivity (Wildman–Crippen MR) is 70.5 cm³/mol. The molecule has 1 aliphatic carbocycles. The van der Waals surface area contributed by atoms with Crippen LogP contribution in [-0.2, 0) is 0 Å². The number of carbonyl (C=O) groups excluding carboxylic acids is 1. The minimum Gasteiger partial charge on any atom is -0.381 e. The Balaban J connectivity index is 2.13. The highest BCUT2D eigenvalue weighted by molar-refractivity contribution is 6.33. The molecule has 1 saturated carbocycles. The number of benzene rings is 1. The van der Waals surface area contributed by atoms with Crippen LogP contribution in [0.15, 0.2) is 18.2 Å². The van der Waals surface area contributed by atoms with Crippen LogP contribution < -0.4 is 11.1 Å². The molecule has 1 fully saturated rings. The topological polar surface area (TPSA) is 55.1 Å². The summed E-state index contributed by atoms with van der Waals surface area (Å²) in [5, 5.41) is 4.04. The molecule has 1 aliphatic rings. The van der Waals surface area contributed by atoms with Crippen molar-refractivity contribution in [2.24, 2.45) is 5.73 Å². The number of hydrogen-bond donors (Lipinski definition) is 2. The lowest BCUT2D eigenvalue weighted by Crippen LogP contribution is -2.22. The van der Waals surface area contributed by atoms with Crippen molar-refractivity contribution in [2.75, 3.05) is 5.32 Å². The van der Waals surface area contributed by atoms with Crippen LogP contribution in [0.3, 0.4) is 0 Å². The average Bonchev–Trinajstić information content (AvgIpc) is 2.33. The Morgan fingerprint density at radius 2 is 2.00 bits per heavy atom. The van der Waals surface area contributed by atoms with Gasteiger partial charge in [-0.25, -0.2) is 0 Å². The van der Waals surface area contributed by atoms with Gasteiger partial charge in [-0.15, -0.1) is 0 Å². The van der Waals surface area contributed by atoms with Crippen LogP contribution in [0.4, 0.5) is 5.69 Å². The van der Waals surface area contributed by atoms with Crippen molar-refractivity contribution < 1.29 is 4.79 Å². The van der Waals surface area contributed by atoms with Crippen molar-refractivity contribution in [1.29, 1.82) is 0 Å². The lowest BCUT2D eigenvalue weighted by Gasteiger charge is -2.24. The minimum atomic E-state index is -0.423. The van der Waals surface area contributed by atoms with Crippen LogP contribution in [0.1, 0.15) is 42.5 Å². The van der Waals surface area contributed by atoms with Crippen LogP contribution >= 0.6 is 11.6 Å². The zero-order valence-electron chi connectivity index (χ0n) is 9.71. The zero-order chi connectivity index (χ0) is 12.3. The lowest BCUT2D eigenvalue weighted by molar-refractivity contribution is 0.100. The highest BCUT2D eigenvalue weighted by Crippen LogP contribution is 2.27. The van der Waals surface area contributed by atoms with Gasteiger partial charge in [-0.1, -0.05) is 30.9 Å². The summed E-state index contributed by atoms with van der Waals surface area (Å²) in [7, 11) is 0. The smallest absolute Gasteiger partial charge is 0.248 e. The van der Waals surface area contributed by atoms with E-state index < -0.39 is 5.91 Å². The summed E-state index contributed by atoms with van der Waals surface area (Å²) in [6.07, 6.45) is 6.15. The van der Waals surface area contributed by atoms with E-state index in [0.717, 1.165) is 18.5 Å². The number of primary amides is 1. The van der Waals surface area contributed by atoms with E-state index in [0.29, 0.717) is 16.6 Å². The van der Waals surface area contributed by atoms with Gasteiger partial charge in [-0.2, -0.15) is 0 Å². The van der Waals surface area contributed by atoms with Gasteiger partial charge in [-0.05, 0) is 31.0 Å². The third kappa shape index (κ3) is 3.13. The Hall–Kier alpha value is -1.22. The average molecular weight is 253 g/mol. The first kappa shape index (κ1) is 12.2. The molecule has 0 atom stereocenters. The third-order valence-electron chi connectivity index (χ3n) is 3.22. The molecule has 92 valence electrons. The molecule has 0 unspecified atom stereocenters. The molecule has 3 N–H and O–H groups in total. The van der Waals surface area contributed by atoms with Gasteiger partial charge in [0.1, 0.15) is 0 Å². The molecule has 0 radical (unpaired) electrons. The molecule has 1 aromatic carbocycles. The SMILES string of the molecule is NC(=O)c1ccc(Cl)c(NC2CCCCC2)c1. The maximum absolute atomic E-state index is 11.1. The van der Waals surface area contributed by atoms with Crippen molar-refractivity contribution in [2.45, 2.75) is 38.1 Å². The maximum atomic E-state index is 11.1. The monoisotopic (exact) mass is 252 g/mol. The van der Waals surface area contributed by atoms with E-state index in [1.807, 2.05) is 0 Å². The van der Waals surface area contributed by atoms with Gasteiger partial charge in [-0.3, -0.25) is 4.79 Å². The number of carbonyl (C=O) groups is 1. The van der Waals surface area contributed by atoms with Crippen molar-refractivity contribution in [3.63, 3.8) is 0 Å². The molecular formula is C13H17ClN2O. The van der Waals surface area contributed by atoms with Crippen LogP contribution in [0.2, 0.25) is 5.02 Å². The fourth-order valence-electron chi connectivity index (χ4n) is 2.26. The maximum Gasteiger partial charge on any atom is 0.248 e. The molecule has 1 aromatic rings. The van der Waals surface area contributed by atoms with E-state index in [1.165, 1.54) is 19.3 Å². The Morgan fingerprint density at radius 3 is 2.65 bits per heavy atom. The molecule has 1 amide bonds. The molecule has 0 saturated heterocycles. The molecule has 4 heteroatoms. The van der Waals surface area contributed by atoms with Gasteiger partial charge in [0.15, 0.2) is 0 Å². The first-order chi connectivity index (χ1) is 8.16. The van der Waals surface area contributed by atoms with Gasteiger partial charge in [0.25, 0.3) is 0 Å². The molecular weight excluding hydrogens is 236 g/mol. The zero-order valence-corrected chi connectivity index (χ0v) is 10.5. The summed E-state index contributed by atoms with van der Waals surface area (Å²) >= 11 is 6.11. The minimum absolute atomic E-state index is 0.423. The molecule has 0 aliphatic heterocycles. The Labute approximate surface area is 106 Å². The molecule has 3 nitrogen and oxygen atoms in total. The van der Waals surface area contributed by atoms with E-state index in [2.05, 4.69) is 5.32 Å². The Morgan fingerprint density at radius 1 is 1.29 bits per heavy atom. The third-order valence-corrected chi connectivity index (χ3v) is 3.55. The van der Waals surface area contributed by atoms with E-state index >= 15 is 0 Å². The fraction of sp³-hybridized carbons (Fsp3) is 0.462. The second-order valence-corrected chi connectivity index (χ2v) is 4.95. The highest BCUT2D eigenvalue weighted by Gasteiger charge is 2.15. The van der Waals surface area contributed by atoms with Crippen LogP contribution in [0, 0.1) is 0 Å². The summed E-state index contributed by atoms with van der Waals surface area (Å²) < 4.78 is 0. The summed E-state index contributed by atoms with van der Waals surface area (Å²) in [5.41, 5.74) is 6.56. The van der Waals surface area contributed by atoms with Gasteiger partial charge >= 0.3 is 0 Å². The lowest BCUT2D eigenvalue weighted by atomic mass is 9.95. The number of nitrogens with two attached hydrogens (primary N) is 1. The standard InChI is InChI=1S/C13H17ClN2O/c14-11-7-6-9(13(15)17)8-12(11)16-10-4-2-1-3-5-10/h6-8,10,16H,1-5H2,(H2,15,17). The summed E-state index contributed by atoms with van der Waals surface area (Å²) in [6.45, 7) is 0. The van der Waals surface area contributed by atoms with Crippen molar-refractivity contribution in [3.05, 3.63) is 28.8 Å². The largest absolute Gasteiger partial charge is 0.381 e. The molecule has 0 spiro atoms. The number of nitrogens with one attached hydrogen (secondary N) is 1. The predicted octanol–water partition coefficient (Wildman–Crippen LogP) is 3.18. The number of hydrogen-bond acceptors (Lipinski definition) is 2. The van der Waals surface area contributed by atoms with E-state index in [-0.39, 0.29) is 0 Å². The summed E-state index contributed by atoms with van der Waals surface area (Å²) in [6, 6.07) is 5.56. The number of halogens is 1. The molecule has 0 aromatic heterocycles. The molecule has 17 heavy (non-hydrogen) atoms. The van der Waals surface area contributed by atoms with Crippen molar-refractivity contribution in [1.82, 2.24) is 0 Å².